The van der Waals surface area contributed by atoms with Crippen molar-refractivity contribution in [1.82, 2.24) is 5.32 Å². The molecule has 148 valence electrons. The van der Waals surface area contributed by atoms with Gasteiger partial charge in [-0.1, -0.05) is 41.4 Å². The molecule has 2 atom stereocenters. The molecule has 7 heteroatoms. The van der Waals surface area contributed by atoms with Gasteiger partial charge in [0.15, 0.2) is 6.10 Å². The number of hydrogen-bond acceptors (Lipinski definition) is 3. The number of carbonyl (C=O) groups excluding carboxylic acids is 2. The number of anilines is 1. The van der Waals surface area contributed by atoms with Crippen LogP contribution in [0.4, 0.5) is 5.69 Å². The number of halogens is 2. The van der Waals surface area contributed by atoms with E-state index in [1.54, 1.807) is 25.1 Å². The minimum absolute atomic E-state index is 0.0692. The first-order valence-corrected chi connectivity index (χ1v) is 9.92. The number of carbonyl (C=O) groups is 2. The molecule has 0 radical (unpaired) electrons. The molecule has 1 fully saturated rings. The Hall–Kier alpha value is -2.24. The van der Waals surface area contributed by atoms with E-state index in [2.05, 4.69) is 10.6 Å². The second-order valence-corrected chi connectivity index (χ2v) is 7.71. The molecule has 5 nitrogen and oxygen atoms in total. The number of amides is 2. The Morgan fingerprint density at radius 3 is 2.39 bits per heavy atom. The van der Waals surface area contributed by atoms with E-state index in [0.717, 1.165) is 24.1 Å². The van der Waals surface area contributed by atoms with E-state index in [-0.39, 0.29) is 28.8 Å². The van der Waals surface area contributed by atoms with Gasteiger partial charge in [0, 0.05) is 11.6 Å². The summed E-state index contributed by atoms with van der Waals surface area (Å²) in [6.07, 6.45) is 1.19. The van der Waals surface area contributed by atoms with Crippen molar-refractivity contribution in [2.45, 2.75) is 38.8 Å². The molecule has 2 amide bonds. The monoisotopic (exact) mass is 420 g/mol. The van der Waals surface area contributed by atoms with Gasteiger partial charge in [0.25, 0.3) is 5.91 Å². The van der Waals surface area contributed by atoms with Crippen molar-refractivity contribution in [2.24, 2.45) is 5.92 Å². The van der Waals surface area contributed by atoms with Crippen molar-refractivity contribution in [3.8, 4) is 5.75 Å². The van der Waals surface area contributed by atoms with Crippen LogP contribution in [0.15, 0.2) is 42.5 Å². The van der Waals surface area contributed by atoms with Crippen LogP contribution in [-0.4, -0.2) is 17.9 Å². The molecule has 1 aliphatic carbocycles. The molecule has 2 N–H and O–H groups in total. The Kier molecular flexibility index (Phi) is 6.47. The molecule has 3 rings (SSSR count). The van der Waals surface area contributed by atoms with Crippen LogP contribution in [0.5, 0.6) is 5.75 Å². The lowest BCUT2D eigenvalue weighted by atomic mass is 10.1. The first kappa shape index (κ1) is 20.5. The minimum Gasteiger partial charge on any atom is -0.479 e. The van der Waals surface area contributed by atoms with Crippen molar-refractivity contribution in [1.29, 1.82) is 0 Å². The third kappa shape index (κ3) is 5.18. The second-order valence-electron chi connectivity index (χ2n) is 6.93. The van der Waals surface area contributed by atoms with Crippen LogP contribution in [-0.2, 0) is 9.59 Å². The van der Waals surface area contributed by atoms with E-state index in [1.807, 2.05) is 31.2 Å². The molecule has 0 saturated heterocycles. The van der Waals surface area contributed by atoms with Gasteiger partial charge >= 0.3 is 0 Å². The van der Waals surface area contributed by atoms with Gasteiger partial charge in [0.2, 0.25) is 5.91 Å². The second kappa shape index (κ2) is 8.84. The van der Waals surface area contributed by atoms with Gasteiger partial charge in [-0.25, -0.2) is 0 Å². The largest absolute Gasteiger partial charge is 0.479 e. The van der Waals surface area contributed by atoms with Crippen molar-refractivity contribution >= 4 is 40.7 Å². The highest BCUT2D eigenvalue weighted by Gasteiger charge is 2.29. The van der Waals surface area contributed by atoms with Gasteiger partial charge in [-0.05, 0) is 56.5 Å². The Morgan fingerprint density at radius 2 is 1.75 bits per heavy atom. The molecule has 1 aliphatic rings. The number of benzene rings is 2. The molecule has 2 aromatic rings. The molecule has 2 aromatic carbocycles. The molecular weight excluding hydrogens is 399 g/mol. The summed E-state index contributed by atoms with van der Waals surface area (Å²) < 4.78 is 5.64. The Bertz CT molecular complexity index is 866. The van der Waals surface area contributed by atoms with Crippen LogP contribution in [0.3, 0.4) is 0 Å². The lowest BCUT2D eigenvalue weighted by Crippen LogP contribution is -2.37. The fourth-order valence-electron chi connectivity index (χ4n) is 2.68. The smallest absolute Gasteiger partial charge is 0.261 e. The van der Waals surface area contributed by atoms with Crippen molar-refractivity contribution in [3.63, 3.8) is 0 Å². The quantitative estimate of drug-likeness (QED) is 0.662. The van der Waals surface area contributed by atoms with E-state index in [1.165, 1.54) is 0 Å². The zero-order chi connectivity index (χ0) is 20.3. The third-order valence-electron chi connectivity index (χ3n) is 4.57. The van der Waals surface area contributed by atoms with Crippen LogP contribution in [0.2, 0.25) is 10.0 Å². The fraction of sp³-hybridized carbons (Fsp3) is 0.333. The van der Waals surface area contributed by atoms with Crippen LogP contribution in [0.1, 0.15) is 38.3 Å². The summed E-state index contributed by atoms with van der Waals surface area (Å²) in [6.45, 7) is 3.53. The van der Waals surface area contributed by atoms with Crippen molar-refractivity contribution in [3.05, 3.63) is 58.1 Å². The maximum Gasteiger partial charge on any atom is 0.261 e. The first-order chi connectivity index (χ1) is 13.3. The average molecular weight is 421 g/mol. The summed E-state index contributed by atoms with van der Waals surface area (Å²) in [5, 5.41) is 6.46. The summed E-state index contributed by atoms with van der Waals surface area (Å²) in [5.41, 5.74) is 1.68. The lowest BCUT2D eigenvalue weighted by Gasteiger charge is -2.20. The Labute approximate surface area is 174 Å². The summed E-state index contributed by atoms with van der Waals surface area (Å²) in [4.78, 5) is 24.3. The van der Waals surface area contributed by atoms with Crippen molar-refractivity contribution < 1.29 is 14.3 Å². The van der Waals surface area contributed by atoms with E-state index in [9.17, 15) is 9.59 Å². The van der Waals surface area contributed by atoms with Crippen LogP contribution < -0.4 is 15.4 Å². The number of ether oxygens (including phenoxy) is 1. The zero-order valence-corrected chi connectivity index (χ0v) is 17.2. The van der Waals surface area contributed by atoms with Crippen molar-refractivity contribution in [2.75, 3.05) is 5.32 Å². The van der Waals surface area contributed by atoms with Gasteiger partial charge in [-0.3, -0.25) is 9.59 Å². The van der Waals surface area contributed by atoms with Gasteiger partial charge in [0.1, 0.15) is 10.8 Å². The molecule has 0 unspecified atom stereocenters. The standard InChI is InChI=1S/C21H22Cl2N2O3/c1-12(14-8-10-16(11-9-14)25-21(27)15-6-7-15)24-20(26)13(2)28-18-5-3-4-17(22)19(18)23/h3-5,8-13,15H,6-7H2,1-2H3,(H,24,26)(H,25,27)/t12-,13+/m1/s1. The number of nitrogens with one attached hydrogen (secondary N) is 2. The molecule has 28 heavy (non-hydrogen) atoms. The molecule has 0 heterocycles. The zero-order valence-electron chi connectivity index (χ0n) is 15.7. The summed E-state index contributed by atoms with van der Waals surface area (Å²) in [7, 11) is 0. The summed E-state index contributed by atoms with van der Waals surface area (Å²) in [6, 6.07) is 12.2. The van der Waals surface area contributed by atoms with Gasteiger partial charge in [-0.15, -0.1) is 0 Å². The molecule has 0 aliphatic heterocycles. The minimum atomic E-state index is -0.740. The van der Waals surface area contributed by atoms with E-state index in [0.29, 0.717) is 10.8 Å². The molecule has 1 saturated carbocycles. The number of hydrogen-bond donors (Lipinski definition) is 2. The highest BCUT2D eigenvalue weighted by molar-refractivity contribution is 6.42. The number of rotatable bonds is 7. The molecular formula is C21H22Cl2N2O3. The van der Waals surface area contributed by atoms with E-state index >= 15 is 0 Å². The maximum absolute atomic E-state index is 12.5. The topological polar surface area (TPSA) is 67.4 Å². The highest BCUT2D eigenvalue weighted by Crippen LogP contribution is 2.32. The summed E-state index contributed by atoms with van der Waals surface area (Å²) >= 11 is 12.1. The lowest BCUT2D eigenvalue weighted by molar-refractivity contribution is -0.128. The maximum atomic E-state index is 12.5. The van der Waals surface area contributed by atoms with E-state index in [4.69, 9.17) is 27.9 Å². The van der Waals surface area contributed by atoms with Crippen LogP contribution in [0, 0.1) is 5.92 Å². The van der Waals surface area contributed by atoms with E-state index < -0.39 is 6.10 Å². The molecule has 0 aromatic heterocycles. The summed E-state index contributed by atoms with van der Waals surface area (Å²) in [5.74, 6) is 0.321. The molecule has 0 bridgehead atoms. The Balaban J connectivity index is 1.55. The van der Waals surface area contributed by atoms with Gasteiger partial charge in [0.05, 0.1) is 11.1 Å². The SMILES string of the molecule is C[C@H](Oc1cccc(Cl)c1Cl)C(=O)N[C@H](C)c1ccc(NC(=O)C2CC2)cc1. The predicted molar refractivity (Wildman–Crippen MR) is 111 cm³/mol. The first-order valence-electron chi connectivity index (χ1n) is 9.17. The van der Waals surface area contributed by atoms with Crippen LogP contribution >= 0.6 is 23.2 Å². The predicted octanol–water partition coefficient (Wildman–Crippen LogP) is 4.99. The normalized spacial score (nSPS) is 15.4. The fourth-order valence-corrected chi connectivity index (χ4v) is 3.01. The van der Waals surface area contributed by atoms with Gasteiger partial charge in [-0.2, -0.15) is 0 Å². The third-order valence-corrected chi connectivity index (χ3v) is 5.38. The average Bonchev–Trinajstić information content (AvgIpc) is 3.51. The van der Waals surface area contributed by atoms with Crippen LogP contribution in [0.25, 0.3) is 0 Å². The highest BCUT2D eigenvalue weighted by atomic mass is 35.5. The molecule has 0 spiro atoms. The van der Waals surface area contributed by atoms with Gasteiger partial charge < -0.3 is 15.4 Å². The Morgan fingerprint density at radius 1 is 1.07 bits per heavy atom.